The lowest BCUT2D eigenvalue weighted by molar-refractivity contribution is -0.129. The van der Waals surface area contributed by atoms with Crippen molar-refractivity contribution in [3.63, 3.8) is 0 Å². The lowest BCUT2D eigenvalue weighted by Gasteiger charge is -2.10. The van der Waals surface area contributed by atoms with Crippen molar-refractivity contribution in [1.82, 2.24) is 0 Å². The fourth-order valence-corrected chi connectivity index (χ4v) is 2.71. The SMILES string of the molecule is COc1ccc(C(C)C)cc1/C=C1\N=C(c2ccccc2C)OC1=O. The van der Waals surface area contributed by atoms with Crippen LogP contribution in [-0.4, -0.2) is 19.0 Å². The molecule has 4 nitrogen and oxygen atoms in total. The summed E-state index contributed by atoms with van der Waals surface area (Å²) < 4.78 is 10.8. The van der Waals surface area contributed by atoms with Gasteiger partial charge < -0.3 is 9.47 Å². The zero-order valence-electron chi connectivity index (χ0n) is 14.9. The number of aliphatic imine (C=N–C) groups is 1. The van der Waals surface area contributed by atoms with Gasteiger partial charge in [0.1, 0.15) is 5.75 Å². The lowest BCUT2D eigenvalue weighted by atomic mass is 10.00. The molecule has 128 valence electrons. The number of methoxy groups -OCH3 is 1. The predicted octanol–water partition coefficient (Wildman–Crippen LogP) is 4.47. The van der Waals surface area contributed by atoms with Gasteiger partial charge in [0.05, 0.1) is 7.11 Å². The predicted molar refractivity (Wildman–Crippen MR) is 98.9 cm³/mol. The molecule has 1 aliphatic rings. The van der Waals surface area contributed by atoms with Gasteiger partial charge in [-0.15, -0.1) is 0 Å². The van der Waals surface area contributed by atoms with Gasteiger partial charge in [-0.2, -0.15) is 0 Å². The van der Waals surface area contributed by atoms with Gasteiger partial charge in [0, 0.05) is 11.1 Å². The van der Waals surface area contributed by atoms with Crippen LogP contribution in [0.5, 0.6) is 5.75 Å². The number of aryl methyl sites for hydroxylation is 1. The Labute approximate surface area is 147 Å². The standard InChI is InChI=1S/C21H21NO3/c1-13(2)15-9-10-19(24-4)16(11-15)12-18-21(23)25-20(22-18)17-8-6-5-7-14(17)3/h5-13H,1-4H3/b18-12-. The molecule has 2 aromatic rings. The summed E-state index contributed by atoms with van der Waals surface area (Å²) in [4.78, 5) is 16.6. The zero-order chi connectivity index (χ0) is 18.0. The van der Waals surface area contributed by atoms with Crippen LogP contribution in [0.15, 0.2) is 53.2 Å². The normalized spacial score (nSPS) is 15.5. The molecule has 0 spiro atoms. The van der Waals surface area contributed by atoms with Crippen LogP contribution in [0.3, 0.4) is 0 Å². The third kappa shape index (κ3) is 3.48. The van der Waals surface area contributed by atoms with Gasteiger partial charge in [-0.3, -0.25) is 0 Å². The highest BCUT2D eigenvalue weighted by Crippen LogP contribution is 2.28. The average Bonchev–Trinajstić information content (AvgIpc) is 2.95. The molecule has 1 heterocycles. The van der Waals surface area contributed by atoms with Crippen LogP contribution < -0.4 is 4.74 Å². The molecule has 0 atom stereocenters. The van der Waals surface area contributed by atoms with E-state index in [9.17, 15) is 4.79 Å². The molecule has 4 heteroatoms. The Morgan fingerprint density at radius 3 is 2.60 bits per heavy atom. The summed E-state index contributed by atoms with van der Waals surface area (Å²) in [5, 5.41) is 0. The Hall–Kier alpha value is -2.88. The van der Waals surface area contributed by atoms with E-state index in [-0.39, 0.29) is 5.70 Å². The minimum Gasteiger partial charge on any atom is -0.496 e. The first-order valence-corrected chi connectivity index (χ1v) is 8.26. The van der Waals surface area contributed by atoms with Crippen molar-refractivity contribution in [3.05, 3.63) is 70.4 Å². The quantitative estimate of drug-likeness (QED) is 0.612. The van der Waals surface area contributed by atoms with Crippen LogP contribution in [0, 0.1) is 6.92 Å². The monoisotopic (exact) mass is 335 g/mol. The molecule has 25 heavy (non-hydrogen) atoms. The van der Waals surface area contributed by atoms with E-state index < -0.39 is 5.97 Å². The van der Waals surface area contributed by atoms with E-state index >= 15 is 0 Å². The first-order chi connectivity index (χ1) is 12.0. The first kappa shape index (κ1) is 17.0. The molecule has 0 unspecified atom stereocenters. The number of nitrogens with zero attached hydrogens (tertiary/aromatic N) is 1. The molecular formula is C21H21NO3. The number of carbonyl (C=O) groups is 1. The maximum Gasteiger partial charge on any atom is 0.363 e. The van der Waals surface area contributed by atoms with Crippen molar-refractivity contribution in [2.24, 2.45) is 4.99 Å². The van der Waals surface area contributed by atoms with Gasteiger partial charge in [-0.25, -0.2) is 9.79 Å². The third-order valence-electron chi connectivity index (χ3n) is 4.21. The summed E-state index contributed by atoms with van der Waals surface area (Å²) in [6, 6.07) is 13.6. The number of ether oxygens (including phenoxy) is 2. The molecule has 0 N–H and O–H groups in total. The average molecular weight is 335 g/mol. The molecule has 3 rings (SSSR count). The van der Waals surface area contributed by atoms with Crippen molar-refractivity contribution in [2.75, 3.05) is 7.11 Å². The highest BCUT2D eigenvalue weighted by atomic mass is 16.6. The topological polar surface area (TPSA) is 47.9 Å². The lowest BCUT2D eigenvalue weighted by Crippen LogP contribution is -2.06. The third-order valence-corrected chi connectivity index (χ3v) is 4.21. The first-order valence-electron chi connectivity index (χ1n) is 8.26. The van der Waals surface area contributed by atoms with Crippen LogP contribution in [0.25, 0.3) is 6.08 Å². The Kier molecular flexibility index (Phi) is 4.70. The molecular weight excluding hydrogens is 314 g/mol. The second kappa shape index (κ2) is 6.93. The number of hydrogen-bond acceptors (Lipinski definition) is 4. The fourth-order valence-electron chi connectivity index (χ4n) is 2.71. The van der Waals surface area contributed by atoms with E-state index in [0.717, 1.165) is 16.7 Å². The second-order valence-electron chi connectivity index (χ2n) is 6.31. The molecule has 1 aliphatic heterocycles. The van der Waals surface area contributed by atoms with E-state index in [1.165, 1.54) is 5.56 Å². The van der Waals surface area contributed by atoms with Gasteiger partial charge >= 0.3 is 5.97 Å². The summed E-state index contributed by atoms with van der Waals surface area (Å²) in [5.74, 6) is 0.970. The number of hydrogen-bond donors (Lipinski definition) is 0. The van der Waals surface area contributed by atoms with Crippen LogP contribution in [0.4, 0.5) is 0 Å². The van der Waals surface area contributed by atoms with Crippen LogP contribution >= 0.6 is 0 Å². The maximum absolute atomic E-state index is 12.2. The van der Waals surface area contributed by atoms with Crippen molar-refractivity contribution >= 4 is 17.9 Å². The second-order valence-corrected chi connectivity index (χ2v) is 6.31. The summed E-state index contributed by atoms with van der Waals surface area (Å²) in [5.41, 5.74) is 4.09. The number of esters is 1. The van der Waals surface area contributed by atoms with Crippen LogP contribution in [-0.2, 0) is 9.53 Å². The minimum atomic E-state index is -0.449. The molecule has 0 bridgehead atoms. The molecule has 0 aromatic heterocycles. The van der Waals surface area contributed by atoms with E-state index in [0.29, 0.717) is 17.6 Å². The van der Waals surface area contributed by atoms with Gasteiger partial charge in [0.2, 0.25) is 5.90 Å². The summed E-state index contributed by atoms with van der Waals surface area (Å²) >= 11 is 0. The van der Waals surface area contributed by atoms with Gasteiger partial charge in [0.15, 0.2) is 5.70 Å². The van der Waals surface area contributed by atoms with Crippen molar-refractivity contribution < 1.29 is 14.3 Å². The molecule has 0 fully saturated rings. The van der Waals surface area contributed by atoms with E-state index in [1.807, 2.05) is 49.4 Å². The van der Waals surface area contributed by atoms with Gasteiger partial charge in [-0.05, 0) is 48.2 Å². The van der Waals surface area contributed by atoms with E-state index in [4.69, 9.17) is 9.47 Å². The van der Waals surface area contributed by atoms with E-state index in [1.54, 1.807) is 13.2 Å². The zero-order valence-corrected chi connectivity index (χ0v) is 14.9. The number of cyclic esters (lactones) is 1. The van der Waals surface area contributed by atoms with Gasteiger partial charge in [0.25, 0.3) is 0 Å². The Bertz CT molecular complexity index is 878. The highest BCUT2D eigenvalue weighted by molar-refractivity contribution is 6.13. The Morgan fingerprint density at radius 2 is 1.92 bits per heavy atom. The van der Waals surface area contributed by atoms with Crippen LogP contribution in [0.1, 0.15) is 42.0 Å². The van der Waals surface area contributed by atoms with Crippen LogP contribution in [0.2, 0.25) is 0 Å². The van der Waals surface area contributed by atoms with Crippen molar-refractivity contribution in [2.45, 2.75) is 26.7 Å². The molecule has 0 amide bonds. The maximum atomic E-state index is 12.2. The number of rotatable bonds is 4. The minimum absolute atomic E-state index is 0.275. The molecule has 0 radical (unpaired) electrons. The molecule has 0 saturated carbocycles. The Balaban J connectivity index is 2.03. The number of benzene rings is 2. The highest BCUT2D eigenvalue weighted by Gasteiger charge is 2.25. The largest absolute Gasteiger partial charge is 0.496 e. The summed E-state index contributed by atoms with van der Waals surface area (Å²) in [7, 11) is 1.61. The number of carbonyl (C=O) groups excluding carboxylic acids is 1. The van der Waals surface area contributed by atoms with Gasteiger partial charge in [-0.1, -0.05) is 38.1 Å². The molecule has 0 aliphatic carbocycles. The fraction of sp³-hybridized carbons (Fsp3) is 0.238. The Morgan fingerprint density at radius 1 is 1.16 bits per heavy atom. The van der Waals surface area contributed by atoms with Crippen molar-refractivity contribution in [1.29, 1.82) is 0 Å². The smallest absolute Gasteiger partial charge is 0.363 e. The van der Waals surface area contributed by atoms with E-state index in [2.05, 4.69) is 18.8 Å². The molecule has 2 aromatic carbocycles. The summed E-state index contributed by atoms with van der Waals surface area (Å²) in [6.07, 6.45) is 1.72. The summed E-state index contributed by atoms with van der Waals surface area (Å²) in [6.45, 7) is 6.20. The molecule has 0 saturated heterocycles. The van der Waals surface area contributed by atoms with Crippen molar-refractivity contribution in [3.8, 4) is 5.75 Å².